The Labute approximate surface area is 154 Å². The van der Waals surface area contributed by atoms with E-state index in [0.29, 0.717) is 30.2 Å². The van der Waals surface area contributed by atoms with Crippen LogP contribution < -0.4 is 9.47 Å². The minimum atomic E-state index is -0.0173. The Morgan fingerprint density at radius 1 is 1.42 bits per heavy atom. The zero-order chi connectivity index (χ0) is 18.7. The summed E-state index contributed by atoms with van der Waals surface area (Å²) >= 11 is 0. The molecule has 6 nitrogen and oxygen atoms in total. The average molecular weight is 355 g/mol. The van der Waals surface area contributed by atoms with Crippen molar-refractivity contribution >= 4 is 12.0 Å². The SMILES string of the molecule is CCOc1cccc2c1OCC(C(=O)N(Cc1cnn(C)c1)C(C)C)=C2. The van der Waals surface area contributed by atoms with Gasteiger partial charge in [-0.1, -0.05) is 12.1 Å². The molecule has 0 unspecified atom stereocenters. The van der Waals surface area contributed by atoms with Crippen LogP contribution in [0.15, 0.2) is 36.2 Å². The van der Waals surface area contributed by atoms with E-state index < -0.39 is 0 Å². The molecule has 0 aliphatic carbocycles. The second-order valence-corrected chi connectivity index (χ2v) is 6.61. The van der Waals surface area contributed by atoms with Crippen LogP contribution in [0.2, 0.25) is 0 Å². The van der Waals surface area contributed by atoms with Gasteiger partial charge in [0.1, 0.15) is 6.61 Å². The van der Waals surface area contributed by atoms with Crippen molar-refractivity contribution in [1.82, 2.24) is 14.7 Å². The van der Waals surface area contributed by atoms with E-state index in [9.17, 15) is 4.79 Å². The van der Waals surface area contributed by atoms with E-state index in [1.807, 2.05) is 63.2 Å². The van der Waals surface area contributed by atoms with Gasteiger partial charge in [0.05, 0.1) is 18.4 Å². The Morgan fingerprint density at radius 2 is 2.23 bits per heavy atom. The van der Waals surface area contributed by atoms with Crippen LogP contribution in [0.5, 0.6) is 11.5 Å². The Balaban J connectivity index is 1.84. The van der Waals surface area contributed by atoms with Crippen molar-refractivity contribution in [1.29, 1.82) is 0 Å². The quantitative estimate of drug-likeness (QED) is 0.799. The number of fused-ring (bicyclic) bond motifs is 1. The van der Waals surface area contributed by atoms with Crippen LogP contribution in [0, 0.1) is 0 Å². The van der Waals surface area contributed by atoms with Gasteiger partial charge in [-0.25, -0.2) is 0 Å². The summed E-state index contributed by atoms with van der Waals surface area (Å²) < 4.78 is 13.2. The predicted molar refractivity (Wildman–Crippen MR) is 100.0 cm³/mol. The highest BCUT2D eigenvalue weighted by molar-refractivity contribution is 5.99. The lowest BCUT2D eigenvalue weighted by Crippen LogP contribution is -2.38. The molecule has 138 valence electrons. The summed E-state index contributed by atoms with van der Waals surface area (Å²) in [5.74, 6) is 1.40. The molecule has 1 aliphatic heterocycles. The lowest BCUT2D eigenvalue weighted by atomic mass is 10.0. The van der Waals surface area contributed by atoms with Gasteiger partial charge in [-0.05, 0) is 32.9 Å². The lowest BCUT2D eigenvalue weighted by molar-refractivity contribution is -0.129. The fourth-order valence-electron chi connectivity index (χ4n) is 3.00. The molecule has 1 aromatic heterocycles. The Hall–Kier alpha value is -2.76. The summed E-state index contributed by atoms with van der Waals surface area (Å²) in [6.07, 6.45) is 5.62. The van der Waals surface area contributed by atoms with E-state index in [1.54, 1.807) is 10.9 Å². The molecule has 2 heterocycles. The van der Waals surface area contributed by atoms with Crippen molar-refractivity contribution in [3.63, 3.8) is 0 Å². The molecule has 0 saturated heterocycles. The molecule has 2 aromatic rings. The Morgan fingerprint density at radius 3 is 2.88 bits per heavy atom. The van der Waals surface area contributed by atoms with E-state index >= 15 is 0 Å². The van der Waals surface area contributed by atoms with Crippen LogP contribution in [-0.2, 0) is 18.4 Å². The third kappa shape index (κ3) is 3.74. The number of benzene rings is 1. The summed E-state index contributed by atoms with van der Waals surface area (Å²) in [4.78, 5) is 14.9. The lowest BCUT2D eigenvalue weighted by Gasteiger charge is -2.29. The molecule has 0 saturated carbocycles. The van der Waals surface area contributed by atoms with Gasteiger partial charge in [0.25, 0.3) is 5.91 Å². The topological polar surface area (TPSA) is 56.6 Å². The zero-order valence-corrected chi connectivity index (χ0v) is 15.7. The molecule has 1 amide bonds. The maximum atomic E-state index is 13.1. The molecule has 0 bridgehead atoms. The third-order valence-corrected chi connectivity index (χ3v) is 4.28. The number of hydrogen-bond acceptors (Lipinski definition) is 4. The first-order valence-electron chi connectivity index (χ1n) is 8.87. The fourth-order valence-corrected chi connectivity index (χ4v) is 3.00. The number of hydrogen-bond donors (Lipinski definition) is 0. The molecule has 0 atom stereocenters. The number of para-hydroxylation sites is 1. The molecule has 6 heteroatoms. The van der Waals surface area contributed by atoms with Gasteiger partial charge >= 0.3 is 0 Å². The number of ether oxygens (including phenoxy) is 2. The van der Waals surface area contributed by atoms with Crippen LogP contribution >= 0.6 is 0 Å². The number of carbonyl (C=O) groups excluding carboxylic acids is 1. The van der Waals surface area contributed by atoms with E-state index in [2.05, 4.69) is 5.10 Å². The predicted octanol–water partition coefficient (Wildman–Crippen LogP) is 3.03. The van der Waals surface area contributed by atoms with Gasteiger partial charge < -0.3 is 14.4 Å². The summed E-state index contributed by atoms with van der Waals surface area (Å²) in [5.41, 5.74) is 2.52. The Kier molecular flexibility index (Phi) is 5.30. The Bertz CT molecular complexity index is 823. The number of aromatic nitrogens is 2. The zero-order valence-electron chi connectivity index (χ0n) is 15.7. The highest BCUT2D eigenvalue weighted by Gasteiger charge is 2.26. The van der Waals surface area contributed by atoms with Crippen LogP contribution in [-0.4, -0.2) is 39.8 Å². The van der Waals surface area contributed by atoms with Crippen molar-refractivity contribution in [3.05, 3.63) is 47.3 Å². The third-order valence-electron chi connectivity index (χ3n) is 4.28. The first kappa shape index (κ1) is 18.0. The number of aryl methyl sites for hydroxylation is 1. The maximum Gasteiger partial charge on any atom is 0.253 e. The summed E-state index contributed by atoms with van der Waals surface area (Å²) in [5, 5.41) is 4.18. The summed E-state index contributed by atoms with van der Waals surface area (Å²) in [6.45, 7) is 7.30. The number of rotatable bonds is 6. The number of amides is 1. The number of carbonyl (C=O) groups is 1. The molecule has 0 spiro atoms. The normalized spacial score (nSPS) is 13.0. The van der Waals surface area contributed by atoms with Gasteiger partial charge in [0, 0.05) is 37.0 Å². The monoisotopic (exact) mass is 355 g/mol. The largest absolute Gasteiger partial charge is 0.490 e. The van der Waals surface area contributed by atoms with Gasteiger partial charge in [-0.2, -0.15) is 5.10 Å². The van der Waals surface area contributed by atoms with Gasteiger partial charge in [0.15, 0.2) is 11.5 Å². The molecule has 1 aliphatic rings. The average Bonchev–Trinajstić information content (AvgIpc) is 3.04. The van der Waals surface area contributed by atoms with Gasteiger partial charge in [-0.3, -0.25) is 9.48 Å². The minimum Gasteiger partial charge on any atom is -0.490 e. The molecular formula is C20H25N3O3. The van der Waals surface area contributed by atoms with Crippen molar-refractivity contribution in [3.8, 4) is 11.5 Å². The molecule has 0 N–H and O–H groups in total. The van der Waals surface area contributed by atoms with E-state index in [4.69, 9.17) is 9.47 Å². The van der Waals surface area contributed by atoms with E-state index in [1.165, 1.54) is 0 Å². The number of nitrogens with zero attached hydrogens (tertiary/aromatic N) is 3. The standard InChI is InChI=1S/C20H25N3O3/c1-5-25-18-8-6-7-16-9-17(13-26-19(16)18)20(24)23(14(2)3)12-15-10-21-22(4)11-15/h6-11,14H,5,12-13H2,1-4H3. The van der Waals surface area contributed by atoms with Gasteiger partial charge in [0.2, 0.25) is 0 Å². The molecule has 1 aromatic carbocycles. The van der Waals surface area contributed by atoms with E-state index in [0.717, 1.165) is 11.1 Å². The first-order chi connectivity index (χ1) is 12.5. The van der Waals surface area contributed by atoms with Crippen molar-refractivity contribution in [2.75, 3.05) is 13.2 Å². The van der Waals surface area contributed by atoms with Crippen molar-refractivity contribution in [2.24, 2.45) is 7.05 Å². The van der Waals surface area contributed by atoms with Crippen molar-refractivity contribution < 1.29 is 14.3 Å². The smallest absolute Gasteiger partial charge is 0.253 e. The van der Waals surface area contributed by atoms with Crippen LogP contribution in [0.4, 0.5) is 0 Å². The summed E-state index contributed by atoms with van der Waals surface area (Å²) in [6, 6.07) is 5.80. The highest BCUT2D eigenvalue weighted by Crippen LogP contribution is 2.36. The first-order valence-corrected chi connectivity index (χ1v) is 8.87. The molecule has 26 heavy (non-hydrogen) atoms. The molecule has 3 rings (SSSR count). The molecule has 0 fully saturated rings. The minimum absolute atomic E-state index is 0.0173. The van der Waals surface area contributed by atoms with Crippen LogP contribution in [0.3, 0.4) is 0 Å². The van der Waals surface area contributed by atoms with E-state index in [-0.39, 0.29) is 18.6 Å². The molecule has 0 radical (unpaired) electrons. The summed E-state index contributed by atoms with van der Waals surface area (Å²) in [7, 11) is 1.87. The van der Waals surface area contributed by atoms with Crippen LogP contribution in [0.25, 0.3) is 6.08 Å². The van der Waals surface area contributed by atoms with Gasteiger partial charge in [-0.15, -0.1) is 0 Å². The fraction of sp³-hybridized carbons (Fsp3) is 0.400. The highest BCUT2D eigenvalue weighted by atomic mass is 16.5. The van der Waals surface area contributed by atoms with Crippen molar-refractivity contribution in [2.45, 2.75) is 33.4 Å². The maximum absolute atomic E-state index is 13.1. The second-order valence-electron chi connectivity index (χ2n) is 6.61. The molecular weight excluding hydrogens is 330 g/mol. The second kappa shape index (κ2) is 7.64. The van der Waals surface area contributed by atoms with Crippen LogP contribution in [0.1, 0.15) is 31.9 Å².